The number of hydrogen-bond acceptors (Lipinski definition) is 2. The van der Waals surface area contributed by atoms with Crippen LogP contribution in [0.5, 0.6) is 0 Å². The van der Waals surface area contributed by atoms with E-state index in [4.69, 9.17) is 11.6 Å². The predicted octanol–water partition coefficient (Wildman–Crippen LogP) is 2.37. The standard InChI is InChI=1S/C15H19ClN2O.ClH/c16-14-3-1-11(2-4-14)7-15(19)18-6-5-12-8-17-9-13(12)10-18;/h1-4,12-13,17H,5-10H2;1H. The number of likely N-dealkylation sites (tertiary alicyclic amines) is 1. The maximum absolute atomic E-state index is 12.3. The number of carbonyl (C=O) groups excluding carboxylic acids is 1. The molecule has 0 spiro atoms. The Hall–Kier alpha value is -0.770. The average Bonchev–Trinajstić information content (AvgIpc) is 2.88. The van der Waals surface area contributed by atoms with Crippen molar-refractivity contribution in [2.45, 2.75) is 12.8 Å². The van der Waals surface area contributed by atoms with Crippen LogP contribution in [0, 0.1) is 11.8 Å². The summed E-state index contributed by atoms with van der Waals surface area (Å²) in [6.07, 6.45) is 1.63. The Morgan fingerprint density at radius 1 is 1.25 bits per heavy atom. The molecule has 0 aliphatic carbocycles. The van der Waals surface area contributed by atoms with Crippen LogP contribution < -0.4 is 5.32 Å². The van der Waals surface area contributed by atoms with Crippen molar-refractivity contribution in [2.24, 2.45) is 11.8 Å². The highest BCUT2D eigenvalue weighted by Gasteiger charge is 2.34. The maximum atomic E-state index is 12.3. The van der Waals surface area contributed by atoms with Gasteiger partial charge in [-0.05, 0) is 49.0 Å². The molecule has 2 atom stereocenters. The molecular weight excluding hydrogens is 295 g/mol. The fourth-order valence-corrected chi connectivity index (χ4v) is 3.28. The van der Waals surface area contributed by atoms with E-state index in [1.165, 1.54) is 0 Å². The molecule has 0 radical (unpaired) electrons. The van der Waals surface area contributed by atoms with Gasteiger partial charge in [0.2, 0.25) is 5.91 Å². The van der Waals surface area contributed by atoms with Crippen molar-refractivity contribution >= 4 is 29.9 Å². The van der Waals surface area contributed by atoms with E-state index < -0.39 is 0 Å². The zero-order valence-corrected chi connectivity index (χ0v) is 12.9. The van der Waals surface area contributed by atoms with Crippen LogP contribution in [0.25, 0.3) is 0 Å². The fourth-order valence-electron chi connectivity index (χ4n) is 3.15. The van der Waals surface area contributed by atoms with Gasteiger partial charge in [-0.25, -0.2) is 0 Å². The Kier molecular flexibility index (Phi) is 5.30. The summed E-state index contributed by atoms with van der Waals surface area (Å²) in [5.74, 6) is 1.68. The Balaban J connectivity index is 0.00000147. The molecule has 2 fully saturated rings. The molecule has 2 aliphatic rings. The average molecular weight is 315 g/mol. The molecule has 2 heterocycles. The number of fused-ring (bicyclic) bond motifs is 1. The molecule has 1 aromatic rings. The lowest BCUT2D eigenvalue weighted by molar-refractivity contribution is -0.132. The lowest BCUT2D eigenvalue weighted by Gasteiger charge is -2.34. The smallest absolute Gasteiger partial charge is 0.226 e. The number of nitrogens with one attached hydrogen (secondary N) is 1. The number of carbonyl (C=O) groups is 1. The summed E-state index contributed by atoms with van der Waals surface area (Å²) in [6, 6.07) is 7.56. The molecule has 1 N–H and O–H groups in total. The molecule has 5 heteroatoms. The van der Waals surface area contributed by atoms with Crippen LogP contribution in [0.2, 0.25) is 5.02 Å². The number of amides is 1. The summed E-state index contributed by atoms with van der Waals surface area (Å²) in [5, 5.41) is 4.14. The van der Waals surface area contributed by atoms with Crippen LogP contribution in [0.3, 0.4) is 0 Å². The molecule has 3 nitrogen and oxygen atoms in total. The van der Waals surface area contributed by atoms with E-state index in [0.717, 1.165) is 44.1 Å². The van der Waals surface area contributed by atoms with Gasteiger partial charge in [0.15, 0.2) is 0 Å². The van der Waals surface area contributed by atoms with Crippen LogP contribution in [0.4, 0.5) is 0 Å². The molecule has 1 amide bonds. The van der Waals surface area contributed by atoms with E-state index in [1.54, 1.807) is 0 Å². The Bertz CT molecular complexity index is 463. The van der Waals surface area contributed by atoms with E-state index >= 15 is 0 Å². The van der Waals surface area contributed by atoms with E-state index in [0.29, 0.717) is 17.4 Å². The van der Waals surface area contributed by atoms with Gasteiger partial charge >= 0.3 is 0 Å². The monoisotopic (exact) mass is 314 g/mol. The molecule has 3 rings (SSSR count). The van der Waals surface area contributed by atoms with Crippen molar-refractivity contribution in [1.29, 1.82) is 0 Å². The van der Waals surface area contributed by atoms with Crippen molar-refractivity contribution < 1.29 is 4.79 Å². The molecule has 2 aliphatic heterocycles. The Morgan fingerprint density at radius 2 is 1.95 bits per heavy atom. The molecule has 2 unspecified atom stereocenters. The van der Waals surface area contributed by atoms with Crippen molar-refractivity contribution in [3.63, 3.8) is 0 Å². The van der Waals surface area contributed by atoms with Crippen LogP contribution in [-0.2, 0) is 11.2 Å². The van der Waals surface area contributed by atoms with E-state index in [1.807, 2.05) is 29.2 Å². The number of hydrogen-bond donors (Lipinski definition) is 1. The second-order valence-corrected chi connectivity index (χ2v) is 6.05. The lowest BCUT2D eigenvalue weighted by atomic mass is 9.88. The SMILES string of the molecule is Cl.O=C(Cc1ccc(Cl)cc1)N1CCC2CNCC2C1. The third kappa shape index (κ3) is 3.46. The van der Waals surface area contributed by atoms with Crippen molar-refractivity contribution in [1.82, 2.24) is 10.2 Å². The molecule has 0 saturated carbocycles. The molecule has 110 valence electrons. The fraction of sp³-hybridized carbons (Fsp3) is 0.533. The van der Waals surface area contributed by atoms with Gasteiger partial charge in [0.05, 0.1) is 6.42 Å². The summed E-state index contributed by atoms with van der Waals surface area (Å²) in [7, 11) is 0. The summed E-state index contributed by atoms with van der Waals surface area (Å²) in [6.45, 7) is 4.03. The second-order valence-electron chi connectivity index (χ2n) is 5.61. The zero-order chi connectivity index (χ0) is 13.2. The topological polar surface area (TPSA) is 32.3 Å². The predicted molar refractivity (Wildman–Crippen MR) is 83.5 cm³/mol. The third-order valence-electron chi connectivity index (χ3n) is 4.33. The van der Waals surface area contributed by atoms with Gasteiger partial charge in [0, 0.05) is 18.1 Å². The van der Waals surface area contributed by atoms with E-state index in [9.17, 15) is 4.79 Å². The minimum Gasteiger partial charge on any atom is -0.342 e. The first-order chi connectivity index (χ1) is 9.22. The largest absolute Gasteiger partial charge is 0.342 e. The third-order valence-corrected chi connectivity index (χ3v) is 4.58. The minimum absolute atomic E-state index is 0. The second kappa shape index (κ2) is 6.79. The van der Waals surface area contributed by atoms with Crippen LogP contribution in [-0.4, -0.2) is 37.0 Å². The number of piperidine rings is 1. The minimum atomic E-state index is 0. The van der Waals surface area contributed by atoms with Gasteiger partial charge in [-0.15, -0.1) is 12.4 Å². The first-order valence-corrected chi connectivity index (χ1v) is 7.33. The first-order valence-electron chi connectivity index (χ1n) is 6.95. The van der Waals surface area contributed by atoms with Crippen LogP contribution in [0.1, 0.15) is 12.0 Å². The highest BCUT2D eigenvalue weighted by Crippen LogP contribution is 2.26. The van der Waals surface area contributed by atoms with Crippen LogP contribution in [0.15, 0.2) is 24.3 Å². The summed E-state index contributed by atoms with van der Waals surface area (Å²) in [4.78, 5) is 14.3. The van der Waals surface area contributed by atoms with Crippen molar-refractivity contribution in [3.05, 3.63) is 34.9 Å². The van der Waals surface area contributed by atoms with Gasteiger partial charge in [0.1, 0.15) is 0 Å². The first kappa shape index (κ1) is 15.6. The summed E-state index contributed by atoms with van der Waals surface area (Å²) < 4.78 is 0. The molecule has 1 aromatic carbocycles. The quantitative estimate of drug-likeness (QED) is 0.909. The molecule has 0 aromatic heterocycles. The zero-order valence-electron chi connectivity index (χ0n) is 11.3. The lowest BCUT2D eigenvalue weighted by Crippen LogP contribution is -2.44. The van der Waals surface area contributed by atoms with E-state index in [-0.39, 0.29) is 18.3 Å². The Labute approximate surface area is 131 Å². The maximum Gasteiger partial charge on any atom is 0.226 e. The number of rotatable bonds is 2. The van der Waals surface area contributed by atoms with Crippen LogP contribution >= 0.6 is 24.0 Å². The molecule has 2 saturated heterocycles. The molecule has 20 heavy (non-hydrogen) atoms. The summed E-state index contributed by atoms with van der Waals surface area (Å²) >= 11 is 5.86. The highest BCUT2D eigenvalue weighted by atomic mass is 35.5. The van der Waals surface area contributed by atoms with Gasteiger partial charge < -0.3 is 10.2 Å². The number of benzene rings is 1. The normalized spacial score (nSPS) is 24.9. The molecule has 0 bridgehead atoms. The number of nitrogens with zero attached hydrogens (tertiary/aromatic N) is 1. The van der Waals surface area contributed by atoms with Gasteiger partial charge in [-0.2, -0.15) is 0 Å². The summed E-state index contributed by atoms with van der Waals surface area (Å²) in [5.41, 5.74) is 1.04. The van der Waals surface area contributed by atoms with Crippen molar-refractivity contribution in [3.8, 4) is 0 Å². The molecular formula is C15H20Cl2N2O. The van der Waals surface area contributed by atoms with Gasteiger partial charge in [-0.1, -0.05) is 23.7 Å². The Morgan fingerprint density at radius 3 is 2.70 bits per heavy atom. The van der Waals surface area contributed by atoms with E-state index in [2.05, 4.69) is 5.32 Å². The van der Waals surface area contributed by atoms with Gasteiger partial charge in [0.25, 0.3) is 0 Å². The van der Waals surface area contributed by atoms with Gasteiger partial charge in [-0.3, -0.25) is 4.79 Å². The highest BCUT2D eigenvalue weighted by molar-refractivity contribution is 6.30. The van der Waals surface area contributed by atoms with Crippen molar-refractivity contribution in [2.75, 3.05) is 26.2 Å². The number of halogens is 2.